The van der Waals surface area contributed by atoms with Crippen molar-refractivity contribution in [3.05, 3.63) is 35.4 Å². The molecule has 6 heteroatoms. The van der Waals surface area contributed by atoms with E-state index in [1.807, 2.05) is 0 Å². The molecule has 1 N–H and O–H groups in total. The Morgan fingerprint density at radius 3 is 2.08 bits per heavy atom. The van der Waals surface area contributed by atoms with E-state index in [1.54, 1.807) is 13.8 Å². The van der Waals surface area contributed by atoms with E-state index < -0.39 is 17.2 Å². The minimum atomic E-state index is -4.36. The van der Waals surface area contributed by atoms with Crippen molar-refractivity contribution in [3.8, 4) is 0 Å². The number of amides is 1. The van der Waals surface area contributed by atoms with Crippen LogP contribution in [0.15, 0.2) is 24.3 Å². The molecule has 0 atom stereocenters. The molecule has 1 aromatic carbocycles. The van der Waals surface area contributed by atoms with Crippen LogP contribution in [0.1, 0.15) is 44.2 Å². The van der Waals surface area contributed by atoms with E-state index in [-0.39, 0.29) is 11.4 Å². The van der Waals surface area contributed by atoms with E-state index in [0.717, 1.165) is 44.6 Å². The average molecular weight is 340 g/mol. The third kappa shape index (κ3) is 3.43. The second-order valence-corrected chi connectivity index (χ2v) is 7.56. The second-order valence-electron chi connectivity index (χ2n) is 7.56. The molecule has 1 amide bonds. The van der Waals surface area contributed by atoms with Gasteiger partial charge in [0.05, 0.1) is 16.5 Å². The maximum atomic E-state index is 12.7. The first-order chi connectivity index (χ1) is 11.1. The van der Waals surface area contributed by atoms with Crippen LogP contribution in [0, 0.1) is 0 Å². The van der Waals surface area contributed by atoms with Crippen LogP contribution in [0.5, 0.6) is 0 Å². The molecule has 24 heavy (non-hydrogen) atoms. The number of benzene rings is 1. The van der Waals surface area contributed by atoms with Gasteiger partial charge in [0.2, 0.25) is 5.91 Å². The molecule has 1 heterocycles. The molecule has 1 aromatic rings. The molecule has 1 saturated carbocycles. The highest BCUT2D eigenvalue weighted by Crippen LogP contribution is 2.39. The lowest BCUT2D eigenvalue weighted by Gasteiger charge is -2.36. The van der Waals surface area contributed by atoms with Crippen molar-refractivity contribution in [2.75, 3.05) is 19.6 Å². The Kier molecular flexibility index (Phi) is 4.14. The monoisotopic (exact) mass is 340 g/mol. The molecule has 0 aromatic heterocycles. The summed E-state index contributed by atoms with van der Waals surface area (Å²) in [4.78, 5) is 15.1. The summed E-state index contributed by atoms with van der Waals surface area (Å²) in [5.41, 5.74) is -1.11. The lowest BCUT2D eigenvalue weighted by atomic mass is 9.83. The second kappa shape index (κ2) is 5.76. The van der Waals surface area contributed by atoms with Gasteiger partial charge in [-0.05, 0) is 63.9 Å². The van der Waals surface area contributed by atoms with Crippen molar-refractivity contribution < 1.29 is 18.0 Å². The van der Waals surface area contributed by atoms with Crippen LogP contribution < -0.4 is 5.32 Å². The molecule has 1 aliphatic carbocycles. The molecule has 3 nitrogen and oxygen atoms in total. The van der Waals surface area contributed by atoms with E-state index in [0.29, 0.717) is 5.56 Å². The van der Waals surface area contributed by atoms with Gasteiger partial charge in [0.15, 0.2) is 0 Å². The number of alkyl halides is 3. The fraction of sp³-hybridized carbons (Fsp3) is 0.611. The molecule has 1 aliphatic heterocycles. The number of nitrogens with zero attached hydrogens (tertiary/aromatic N) is 1. The highest BCUT2D eigenvalue weighted by Gasteiger charge is 2.48. The zero-order valence-corrected chi connectivity index (χ0v) is 14.0. The summed E-state index contributed by atoms with van der Waals surface area (Å²) in [6, 6.07) is 4.88. The van der Waals surface area contributed by atoms with Crippen molar-refractivity contribution in [1.29, 1.82) is 0 Å². The maximum absolute atomic E-state index is 12.7. The minimum absolute atomic E-state index is 0.125. The number of hydrogen-bond donors (Lipinski definition) is 1. The fourth-order valence-corrected chi connectivity index (χ4v) is 3.05. The van der Waals surface area contributed by atoms with Crippen LogP contribution in [0.2, 0.25) is 0 Å². The number of nitrogens with one attached hydrogen (secondary N) is 1. The van der Waals surface area contributed by atoms with Crippen LogP contribution >= 0.6 is 0 Å². The van der Waals surface area contributed by atoms with Crippen molar-refractivity contribution >= 4 is 5.91 Å². The van der Waals surface area contributed by atoms with E-state index in [9.17, 15) is 18.0 Å². The van der Waals surface area contributed by atoms with Gasteiger partial charge in [0, 0.05) is 6.54 Å². The van der Waals surface area contributed by atoms with Crippen LogP contribution in [-0.2, 0) is 16.4 Å². The Morgan fingerprint density at radius 1 is 1.12 bits per heavy atom. The van der Waals surface area contributed by atoms with E-state index in [1.165, 1.54) is 18.6 Å². The summed E-state index contributed by atoms with van der Waals surface area (Å²) < 4.78 is 38.0. The first-order valence-corrected chi connectivity index (χ1v) is 8.35. The molecule has 0 unspecified atom stereocenters. The molecule has 3 rings (SSSR count). The van der Waals surface area contributed by atoms with Crippen LogP contribution in [0.3, 0.4) is 0 Å². The fourth-order valence-electron chi connectivity index (χ4n) is 3.05. The van der Waals surface area contributed by atoms with Crippen molar-refractivity contribution in [2.24, 2.45) is 0 Å². The summed E-state index contributed by atoms with van der Waals surface area (Å²) in [7, 11) is 0. The first-order valence-electron chi connectivity index (χ1n) is 8.35. The summed E-state index contributed by atoms with van der Waals surface area (Å²) in [5, 5.41) is 3.15. The van der Waals surface area contributed by atoms with Gasteiger partial charge in [-0.25, -0.2) is 0 Å². The van der Waals surface area contributed by atoms with E-state index >= 15 is 0 Å². The van der Waals surface area contributed by atoms with Gasteiger partial charge >= 0.3 is 6.18 Å². The topological polar surface area (TPSA) is 32.3 Å². The third-order valence-corrected chi connectivity index (χ3v) is 5.21. The molecule has 0 spiro atoms. The Balaban J connectivity index is 1.68. The van der Waals surface area contributed by atoms with Crippen molar-refractivity contribution in [2.45, 2.75) is 50.2 Å². The lowest BCUT2D eigenvalue weighted by molar-refractivity contribution is -0.137. The number of carbonyl (C=O) groups is 1. The van der Waals surface area contributed by atoms with Gasteiger partial charge < -0.3 is 10.2 Å². The van der Waals surface area contributed by atoms with E-state index in [2.05, 4.69) is 10.2 Å². The smallest absolute Gasteiger partial charge is 0.349 e. The van der Waals surface area contributed by atoms with Gasteiger partial charge in [0.1, 0.15) is 0 Å². The largest absolute Gasteiger partial charge is 0.416 e. The molecule has 1 saturated heterocycles. The maximum Gasteiger partial charge on any atom is 0.416 e. The number of rotatable bonds is 5. The number of hydrogen-bond acceptors (Lipinski definition) is 2. The predicted molar refractivity (Wildman–Crippen MR) is 85.6 cm³/mol. The van der Waals surface area contributed by atoms with Gasteiger partial charge in [-0.2, -0.15) is 13.2 Å². The SMILES string of the molecule is CC(C)(C(=O)NC1(CN2CCC2)CC1)c1ccc(C(F)(F)F)cc1. The normalized spacial score (nSPS) is 20.4. The van der Waals surface area contributed by atoms with Crippen LogP contribution in [0.25, 0.3) is 0 Å². The number of likely N-dealkylation sites (tertiary alicyclic amines) is 1. The average Bonchev–Trinajstić information content (AvgIpc) is 3.22. The third-order valence-electron chi connectivity index (χ3n) is 5.21. The summed E-state index contributed by atoms with van der Waals surface area (Å²) in [6.45, 7) is 6.55. The van der Waals surface area contributed by atoms with Gasteiger partial charge in [-0.1, -0.05) is 12.1 Å². The Morgan fingerprint density at radius 2 is 1.67 bits per heavy atom. The van der Waals surface area contributed by atoms with Gasteiger partial charge in [0.25, 0.3) is 0 Å². The first kappa shape index (κ1) is 17.3. The highest BCUT2D eigenvalue weighted by molar-refractivity contribution is 5.88. The van der Waals surface area contributed by atoms with Crippen molar-refractivity contribution in [3.63, 3.8) is 0 Å². The van der Waals surface area contributed by atoms with Gasteiger partial charge in [-0.3, -0.25) is 4.79 Å². The van der Waals surface area contributed by atoms with Crippen LogP contribution in [-0.4, -0.2) is 36.0 Å². The zero-order chi connectivity index (χ0) is 17.6. The van der Waals surface area contributed by atoms with Crippen LogP contribution in [0.4, 0.5) is 13.2 Å². The molecule has 2 fully saturated rings. The Hall–Kier alpha value is -1.56. The summed E-state index contributed by atoms with van der Waals surface area (Å²) in [5.74, 6) is -0.125. The molecular weight excluding hydrogens is 317 g/mol. The molecule has 0 radical (unpaired) electrons. The summed E-state index contributed by atoms with van der Waals surface area (Å²) >= 11 is 0. The highest BCUT2D eigenvalue weighted by atomic mass is 19.4. The molecular formula is C18H23F3N2O. The zero-order valence-electron chi connectivity index (χ0n) is 14.0. The Bertz CT molecular complexity index is 614. The van der Waals surface area contributed by atoms with Gasteiger partial charge in [-0.15, -0.1) is 0 Å². The predicted octanol–water partition coefficient (Wildman–Crippen LogP) is 3.34. The minimum Gasteiger partial charge on any atom is -0.349 e. The Labute approximate surface area is 140 Å². The standard InChI is InChI=1S/C18H23F3N2O/c1-16(2,13-4-6-14(7-5-13)18(19,20)21)15(24)22-17(8-9-17)12-23-10-3-11-23/h4-7H,3,8-12H2,1-2H3,(H,22,24). The van der Waals surface area contributed by atoms with Crippen molar-refractivity contribution in [1.82, 2.24) is 10.2 Å². The molecule has 132 valence electrons. The number of halogens is 3. The molecule has 2 aliphatic rings. The quantitative estimate of drug-likeness (QED) is 0.892. The number of carbonyl (C=O) groups excluding carboxylic acids is 1. The lowest BCUT2D eigenvalue weighted by Crippen LogP contribution is -2.53. The van der Waals surface area contributed by atoms with E-state index in [4.69, 9.17) is 0 Å². The summed E-state index contributed by atoms with van der Waals surface area (Å²) in [6.07, 6.45) is -1.21. The molecule has 0 bridgehead atoms.